The molecule has 1 aromatic heterocycles. The molecule has 2 amide bonds. The zero-order valence-electron chi connectivity index (χ0n) is 11.0. The highest BCUT2D eigenvalue weighted by Gasteiger charge is 2.07. The summed E-state index contributed by atoms with van der Waals surface area (Å²) in [4.78, 5) is 19.9. The Morgan fingerprint density at radius 1 is 1.25 bits per heavy atom. The summed E-state index contributed by atoms with van der Waals surface area (Å²) < 4.78 is 5.01. The highest BCUT2D eigenvalue weighted by molar-refractivity contribution is 6.30. The van der Waals surface area contributed by atoms with E-state index in [0.717, 1.165) is 0 Å². The number of urea groups is 1. The third kappa shape index (κ3) is 3.83. The molecule has 7 heteroatoms. The molecule has 6 nitrogen and oxygen atoms in total. The van der Waals surface area contributed by atoms with Crippen molar-refractivity contribution in [3.8, 4) is 5.88 Å². The number of aromatic nitrogens is 2. The minimum Gasteiger partial charge on any atom is -0.481 e. The van der Waals surface area contributed by atoms with E-state index in [4.69, 9.17) is 16.3 Å². The SMILES string of the molecule is COc1cc(C)nc(NC(=O)Nc2cccc(Cl)c2)n1. The highest BCUT2D eigenvalue weighted by Crippen LogP contribution is 2.15. The van der Waals surface area contributed by atoms with Crippen molar-refractivity contribution >= 4 is 29.3 Å². The molecule has 0 spiro atoms. The quantitative estimate of drug-likeness (QED) is 0.911. The fraction of sp³-hybridized carbons (Fsp3) is 0.154. The number of nitrogens with one attached hydrogen (secondary N) is 2. The Labute approximate surface area is 121 Å². The lowest BCUT2D eigenvalue weighted by molar-refractivity contribution is 0.262. The van der Waals surface area contributed by atoms with Crippen LogP contribution in [-0.4, -0.2) is 23.1 Å². The normalized spacial score (nSPS) is 9.95. The molecule has 20 heavy (non-hydrogen) atoms. The summed E-state index contributed by atoms with van der Waals surface area (Å²) in [6.45, 7) is 1.78. The molecular weight excluding hydrogens is 280 g/mol. The van der Waals surface area contributed by atoms with Gasteiger partial charge >= 0.3 is 6.03 Å². The lowest BCUT2D eigenvalue weighted by Gasteiger charge is -2.08. The zero-order chi connectivity index (χ0) is 14.5. The average molecular weight is 293 g/mol. The summed E-state index contributed by atoms with van der Waals surface area (Å²) in [5.74, 6) is 0.553. The molecule has 2 aromatic rings. The number of benzene rings is 1. The van der Waals surface area contributed by atoms with Crippen LogP contribution in [0.1, 0.15) is 5.69 Å². The van der Waals surface area contributed by atoms with E-state index in [9.17, 15) is 4.79 Å². The molecular formula is C13H13ClN4O2. The number of carbonyl (C=O) groups excluding carboxylic acids is 1. The van der Waals surface area contributed by atoms with Gasteiger partial charge in [0, 0.05) is 22.5 Å². The molecule has 104 valence electrons. The van der Waals surface area contributed by atoms with Crippen LogP contribution in [-0.2, 0) is 0 Å². The number of hydrogen-bond acceptors (Lipinski definition) is 4. The highest BCUT2D eigenvalue weighted by atomic mass is 35.5. The number of nitrogens with zero attached hydrogens (tertiary/aromatic N) is 2. The Morgan fingerprint density at radius 3 is 2.75 bits per heavy atom. The monoisotopic (exact) mass is 292 g/mol. The van der Waals surface area contributed by atoms with Crippen LogP contribution in [0.3, 0.4) is 0 Å². The van der Waals surface area contributed by atoms with Crippen molar-refractivity contribution in [2.45, 2.75) is 6.92 Å². The first kappa shape index (κ1) is 14.1. The summed E-state index contributed by atoms with van der Waals surface area (Å²) in [5.41, 5.74) is 1.27. The Balaban J connectivity index is 2.06. The first-order chi connectivity index (χ1) is 9.56. The summed E-state index contributed by atoms with van der Waals surface area (Å²) in [6, 6.07) is 8.03. The van der Waals surface area contributed by atoms with E-state index in [1.807, 2.05) is 0 Å². The van der Waals surface area contributed by atoms with E-state index in [0.29, 0.717) is 22.3 Å². The maximum Gasteiger partial charge on any atom is 0.326 e. The van der Waals surface area contributed by atoms with Crippen molar-refractivity contribution in [2.75, 3.05) is 17.7 Å². The number of ether oxygens (including phenoxy) is 1. The van der Waals surface area contributed by atoms with Crippen LogP contribution in [0.15, 0.2) is 30.3 Å². The zero-order valence-corrected chi connectivity index (χ0v) is 11.7. The van der Waals surface area contributed by atoms with E-state index in [1.165, 1.54) is 7.11 Å². The van der Waals surface area contributed by atoms with Crippen LogP contribution >= 0.6 is 11.6 Å². The largest absolute Gasteiger partial charge is 0.481 e. The van der Waals surface area contributed by atoms with Crippen LogP contribution < -0.4 is 15.4 Å². The number of hydrogen-bond donors (Lipinski definition) is 2. The number of anilines is 2. The maximum atomic E-state index is 11.8. The molecule has 0 fully saturated rings. The second-order valence-electron chi connectivity index (χ2n) is 3.96. The summed E-state index contributed by atoms with van der Waals surface area (Å²) in [6.07, 6.45) is 0. The standard InChI is InChI=1S/C13H13ClN4O2/c1-8-6-11(20-2)17-12(15-8)18-13(19)16-10-5-3-4-9(14)7-10/h3-7H,1-2H3,(H2,15,16,17,18,19). The lowest BCUT2D eigenvalue weighted by Crippen LogP contribution is -2.21. The van der Waals surface area contributed by atoms with Gasteiger partial charge in [-0.15, -0.1) is 0 Å². The second kappa shape index (κ2) is 6.21. The molecule has 2 rings (SSSR count). The molecule has 0 bridgehead atoms. The first-order valence-electron chi connectivity index (χ1n) is 5.80. The van der Waals surface area contributed by atoms with Crippen LogP contribution in [0.25, 0.3) is 0 Å². The van der Waals surface area contributed by atoms with Gasteiger partial charge in [-0.3, -0.25) is 5.32 Å². The van der Waals surface area contributed by atoms with Gasteiger partial charge in [0.1, 0.15) is 0 Å². The third-order valence-electron chi connectivity index (χ3n) is 2.35. The van der Waals surface area contributed by atoms with E-state index >= 15 is 0 Å². The minimum atomic E-state index is -0.458. The Morgan fingerprint density at radius 2 is 2.05 bits per heavy atom. The Hall–Kier alpha value is -2.34. The summed E-state index contributed by atoms with van der Waals surface area (Å²) in [7, 11) is 1.50. The molecule has 0 aliphatic rings. The van der Waals surface area contributed by atoms with Crippen molar-refractivity contribution in [3.63, 3.8) is 0 Å². The molecule has 1 heterocycles. The molecule has 0 saturated heterocycles. The van der Waals surface area contributed by atoms with Crippen molar-refractivity contribution < 1.29 is 9.53 Å². The number of methoxy groups -OCH3 is 1. The molecule has 1 aromatic carbocycles. The van der Waals surface area contributed by atoms with Gasteiger partial charge in [-0.25, -0.2) is 9.78 Å². The second-order valence-corrected chi connectivity index (χ2v) is 4.40. The molecule has 0 aliphatic heterocycles. The summed E-state index contributed by atoms with van der Waals surface area (Å²) >= 11 is 5.84. The molecule has 2 N–H and O–H groups in total. The van der Waals surface area contributed by atoms with Gasteiger partial charge in [-0.05, 0) is 25.1 Å². The van der Waals surface area contributed by atoms with Crippen LogP contribution in [0.2, 0.25) is 5.02 Å². The summed E-state index contributed by atoms with van der Waals surface area (Å²) in [5, 5.41) is 5.70. The van der Waals surface area contributed by atoms with Gasteiger partial charge < -0.3 is 10.1 Å². The minimum absolute atomic E-state index is 0.168. The number of rotatable bonds is 3. The molecule has 0 saturated carbocycles. The maximum absolute atomic E-state index is 11.8. The van der Waals surface area contributed by atoms with E-state index in [-0.39, 0.29) is 5.95 Å². The van der Waals surface area contributed by atoms with Gasteiger partial charge in [0.25, 0.3) is 0 Å². The van der Waals surface area contributed by atoms with Gasteiger partial charge in [0.05, 0.1) is 7.11 Å². The fourth-order valence-electron chi connectivity index (χ4n) is 1.53. The van der Waals surface area contributed by atoms with Crippen molar-refractivity contribution in [3.05, 3.63) is 41.0 Å². The molecule has 0 aliphatic carbocycles. The predicted molar refractivity (Wildman–Crippen MR) is 77.4 cm³/mol. The van der Waals surface area contributed by atoms with Gasteiger partial charge in [-0.2, -0.15) is 4.98 Å². The average Bonchev–Trinajstić information content (AvgIpc) is 2.37. The third-order valence-corrected chi connectivity index (χ3v) is 2.58. The smallest absolute Gasteiger partial charge is 0.326 e. The van der Waals surface area contributed by atoms with E-state index in [1.54, 1.807) is 37.3 Å². The van der Waals surface area contributed by atoms with E-state index in [2.05, 4.69) is 20.6 Å². The number of amides is 2. The topological polar surface area (TPSA) is 76.1 Å². The Bertz CT molecular complexity index is 634. The van der Waals surface area contributed by atoms with Crippen LogP contribution in [0.4, 0.5) is 16.4 Å². The first-order valence-corrected chi connectivity index (χ1v) is 6.18. The van der Waals surface area contributed by atoms with Crippen LogP contribution in [0, 0.1) is 6.92 Å². The van der Waals surface area contributed by atoms with E-state index < -0.39 is 6.03 Å². The Kier molecular flexibility index (Phi) is 4.37. The van der Waals surface area contributed by atoms with Gasteiger partial charge in [0.15, 0.2) is 0 Å². The van der Waals surface area contributed by atoms with Gasteiger partial charge in [-0.1, -0.05) is 17.7 Å². The molecule has 0 radical (unpaired) electrons. The molecule has 0 atom stereocenters. The van der Waals surface area contributed by atoms with Crippen molar-refractivity contribution in [1.29, 1.82) is 0 Å². The van der Waals surface area contributed by atoms with Crippen molar-refractivity contribution in [1.82, 2.24) is 9.97 Å². The lowest BCUT2D eigenvalue weighted by atomic mass is 10.3. The van der Waals surface area contributed by atoms with Gasteiger partial charge in [0.2, 0.25) is 11.8 Å². The number of carbonyl (C=O) groups is 1. The number of halogens is 1. The van der Waals surface area contributed by atoms with Crippen molar-refractivity contribution in [2.24, 2.45) is 0 Å². The fourth-order valence-corrected chi connectivity index (χ4v) is 1.72. The number of aryl methyl sites for hydroxylation is 1. The predicted octanol–water partition coefficient (Wildman–Crippen LogP) is 3.09. The van der Waals surface area contributed by atoms with Crippen LogP contribution in [0.5, 0.6) is 5.88 Å². The molecule has 0 unspecified atom stereocenters.